The van der Waals surface area contributed by atoms with E-state index in [1.807, 2.05) is 6.92 Å². The van der Waals surface area contributed by atoms with E-state index >= 15 is 0 Å². The lowest BCUT2D eigenvalue weighted by Gasteiger charge is -2.08. The topological polar surface area (TPSA) is 68.5 Å². The normalized spacial score (nSPS) is 14.3. The molecule has 0 bridgehead atoms. The van der Waals surface area contributed by atoms with Crippen molar-refractivity contribution in [3.63, 3.8) is 0 Å². The SMILES string of the molecule is COC(=O)c1ccc(CNCC(C)S(C)=O)o1. The van der Waals surface area contributed by atoms with Crippen molar-refractivity contribution in [1.29, 1.82) is 0 Å². The Kier molecular flexibility index (Phi) is 5.37. The standard InChI is InChI=1S/C11H17NO4S/c1-8(17(3)14)6-12-7-9-4-5-10(16-9)11(13)15-2/h4-5,8,12H,6-7H2,1-3H3. The molecule has 0 fully saturated rings. The number of ether oxygens (including phenoxy) is 1. The summed E-state index contributed by atoms with van der Waals surface area (Å²) in [6, 6.07) is 3.29. The number of furan rings is 1. The molecule has 6 heteroatoms. The Hall–Kier alpha value is -1.14. The largest absolute Gasteiger partial charge is 0.463 e. The molecule has 0 aromatic carbocycles. The van der Waals surface area contributed by atoms with Gasteiger partial charge in [0.1, 0.15) is 5.76 Å². The van der Waals surface area contributed by atoms with Crippen molar-refractivity contribution in [1.82, 2.24) is 5.32 Å². The van der Waals surface area contributed by atoms with E-state index in [2.05, 4.69) is 10.1 Å². The summed E-state index contributed by atoms with van der Waals surface area (Å²) >= 11 is 0. The van der Waals surface area contributed by atoms with Gasteiger partial charge >= 0.3 is 5.97 Å². The van der Waals surface area contributed by atoms with Crippen LogP contribution in [0.5, 0.6) is 0 Å². The molecule has 1 rings (SSSR count). The molecule has 1 aromatic heterocycles. The monoisotopic (exact) mass is 259 g/mol. The van der Waals surface area contributed by atoms with Gasteiger partial charge in [0.25, 0.3) is 0 Å². The first-order valence-corrected chi connectivity index (χ1v) is 6.86. The Balaban J connectivity index is 2.40. The van der Waals surface area contributed by atoms with Crippen LogP contribution in [0.1, 0.15) is 23.2 Å². The number of carbonyl (C=O) groups excluding carboxylic acids is 1. The van der Waals surface area contributed by atoms with Crippen LogP contribution in [0.2, 0.25) is 0 Å². The highest BCUT2D eigenvalue weighted by atomic mass is 32.2. The van der Waals surface area contributed by atoms with Crippen molar-refractivity contribution in [2.75, 3.05) is 19.9 Å². The summed E-state index contributed by atoms with van der Waals surface area (Å²) in [6.45, 7) is 3.04. The fourth-order valence-electron chi connectivity index (χ4n) is 1.20. The average molecular weight is 259 g/mol. The van der Waals surface area contributed by atoms with Crippen LogP contribution in [0.15, 0.2) is 16.5 Å². The lowest BCUT2D eigenvalue weighted by atomic mass is 10.4. The molecule has 0 aliphatic rings. The minimum Gasteiger partial charge on any atom is -0.463 e. The van der Waals surface area contributed by atoms with Gasteiger partial charge in [-0.05, 0) is 19.1 Å². The van der Waals surface area contributed by atoms with E-state index < -0.39 is 16.8 Å². The van der Waals surface area contributed by atoms with Crippen LogP contribution >= 0.6 is 0 Å². The lowest BCUT2D eigenvalue weighted by Crippen LogP contribution is -2.26. The van der Waals surface area contributed by atoms with Crippen molar-refractivity contribution in [2.45, 2.75) is 18.7 Å². The third kappa shape index (κ3) is 4.32. The van der Waals surface area contributed by atoms with Crippen LogP contribution < -0.4 is 5.32 Å². The summed E-state index contributed by atoms with van der Waals surface area (Å²) in [4.78, 5) is 11.1. The van der Waals surface area contributed by atoms with Crippen LogP contribution in [0.25, 0.3) is 0 Å². The molecule has 0 amide bonds. The molecule has 1 aromatic rings. The van der Waals surface area contributed by atoms with Gasteiger partial charge in [0.15, 0.2) is 0 Å². The Morgan fingerprint density at radius 1 is 1.59 bits per heavy atom. The number of hydrogen-bond donors (Lipinski definition) is 1. The predicted octanol–water partition coefficient (Wildman–Crippen LogP) is 0.923. The molecule has 0 spiro atoms. The van der Waals surface area contributed by atoms with Gasteiger partial charge in [-0.1, -0.05) is 0 Å². The van der Waals surface area contributed by atoms with Gasteiger partial charge in [0.05, 0.1) is 13.7 Å². The maximum Gasteiger partial charge on any atom is 0.373 e. The zero-order valence-electron chi connectivity index (χ0n) is 10.2. The summed E-state index contributed by atoms with van der Waals surface area (Å²) < 4.78 is 20.9. The third-order valence-electron chi connectivity index (χ3n) is 2.35. The first-order chi connectivity index (χ1) is 8.04. The van der Waals surface area contributed by atoms with E-state index in [1.54, 1.807) is 18.4 Å². The van der Waals surface area contributed by atoms with E-state index in [0.717, 1.165) is 0 Å². The number of methoxy groups -OCH3 is 1. The van der Waals surface area contributed by atoms with Gasteiger partial charge in [0, 0.05) is 28.9 Å². The molecule has 1 heterocycles. The summed E-state index contributed by atoms with van der Waals surface area (Å²) in [5.41, 5.74) is 0. The van der Waals surface area contributed by atoms with Crippen molar-refractivity contribution in [2.24, 2.45) is 0 Å². The predicted molar refractivity (Wildman–Crippen MR) is 65.3 cm³/mol. The molecular weight excluding hydrogens is 242 g/mol. The molecule has 0 aliphatic carbocycles. The first-order valence-electron chi connectivity index (χ1n) is 5.24. The molecule has 2 unspecified atom stereocenters. The number of hydrogen-bond acceptors (Lipinski definition) is 5. The van der Waals surface area contributed by atoms with Gasteiger partial charge < -0.3 is 14.5 Å². The van der Waals surface area contributed by atoms with Crippen LogP contribution in [-0.4, -0.2) is 35.3 Å². The third-order valence-corrected chi connectivity index (χ3v) is 3.65. The quantitative estimate of drug-likeness (QED) is 0.769. The molecule has 0 radical (unpaired) electrons. The molecule has 5 nitrogen and oxygen atoms in total. The lowest BCUT2D eigenvalue weighted by molar-refractivity contribution is 0.0563. The molecule has 96 valence electrons. The van der Waals surface area contributed by atoms with Gasteiger partial charge in [-0.25, -0.2) is 4.79 Å². The zero-order chi connectivity index (χ0) is 12.8. The van der Waals surface area contributed by atoms with Crippen LogP contribution in [0.4, 0.5) is 0 Å². The molecule has 0 aliphatic heterocycles. The highest BCUT2D eigenvalue weighted by Crippen LogP contribution is 2.08. The average Bonchev–Trinajstić information content (AvgIpc) is 2.76. The number of esters is 1. The number of rotatable bonds is 6. The second-order valence-electron chi connectivity index (χ2n) is 3.70. The van der Waals surface area contributed by atoms with E-state index in [-0.39, 0.29) is 11.0 Å². The highest BCUT2D eigenvalue weighted by Gasteiger charge is 2.11. The summed E-state index contributed by atoms with van der Waals surface area (Å²) in [6.07, 6.45) is 1.68. The van der Waals surface area contributed by atoms with Gasteiger partial charge in [-0.15, -0.1) is 0 Å². The molecule has 2 atom stereocenters. The molecule has 0 saturated heterocycles. The smallest absolute Gasteiger partial charge is 0.373 e. The molecule has 0 saturated carbocycles. The molecular formula is C11H17NO4S. The van der Waals surface area contributed by atoms with Crippen molar-refractivity contribution in [3.8, 4) is 0 Å². The Morgan fingerprint density at radius 3 is 2.88 bits per heavy atom. The minimum absolute atomic E-state index is 0.0880. The maximum absolute atomic E-state index is 11.1. The Bertz CT molecular complexity index is 402. The van der Waals surface area contributed by atoms with Gasteiger partial charge in [0.2, 0.25) is 5.76 Å². The zero-order valence-corrected chi connectivity index (χ0v) is 11.0. The summed E-state index contributed by atoms with van der Waals surface area (Å²) in [5.74, 6) is 0.357. The van der Waals surface area contributed by atoms with Gasteiger partial charge in [-0.2, -0.15) is 0 Å². The van der Waals surface area contributed by atoms with E-state index in [0.29, 0.717) is 18.8 Å². The van der Waals surface area contributed by atoms with E-state index in [4.69, 9.17) is 4.42 Å². The second kappa shape index (κ2) is 6.56. The maximum atomic E-state index is 11.1. The Labute approximate surface area is 103 Å². The van der Waals surface area contributed by atoms with Crippen molar-refractivity contribution in [3.05, 3.63) is 23.7 Å². The summed E-state index contributed by atoms with van der Waals surface area (Å²) in [7, 11) is 0.468. The molecule has 1 N–H and O–H groups in total. The second-order valence-corrected chi connectivity index (χ2v) is 5.50. The minimum atomic E-state index is -0.839. The fraction of sp³-hybridized carbons (Fsp3) is 0.545. The van der Waals surface area contributed by atoms with E-state index in [1.165, 1.54) is 7.11 Å². The van der Waals surface area contributed by atoms with Crippen molar-refractivity contribution >= 4 is 16.8 Å². The van der Waals surface area contributed by atoms with Crippen LogP contribution in [-0.2, 0) is 22.1 Å². The van der Waals surface area contributed by atoms with Crippen molar-refractivity contribution < 1.29 is 18.2 Å². The fourth-order valence-corrected chi connectivity index (χ4v) is 1.55. The highest BCUT2D eigenvalue weighted by molar-refractivity contribution is 7.84. The van der Waals surface area contributed by atoms with Crippen LogP contribution in [0.3, 0.4) is 0 Å². The summed E-state index contributed by atoms with van der Waals surface area (Å²) in [5, 5.41) is 3.20. The van der Waals surface area contributed by atoms with Crippen LogP contribution in [0, 0.1) is 0 Å². The molecule has 17 heavy (non-hydrogen) atoms. The number of nitrogens with one attached hydrogen (secondary N) is 1. The first kappa shape index (κ1) is 13.9. The Morgan fingerprint density at radius 2 is 2.29 bits per heavy atom. The van der Waals surface area contributed by atoms with E-state index in [9.17, 15) is 9.00 Å². The van der Waals surface area contributed by atoms with Gasteiger partial charge in [-0.3, -0.25) is 4.21 Å². The number of carbonyl (C=O) groups is 1.